The van der Waals surface area contributed by atoms with E-state index in [1.165, 1.54) is 17.7 Å². The Balaban J connectivity index is 1.86. The largest absolute Gasteiger partial charge is 0.327 e. The second-order valence-corrected chi connectivity index (χ2v) is 8.44. The molecule has 2 fully saturated rings. The van der Waals surface area contributed by atoms with Crippen LogP contribution in [-0.4, -0.2) is 43.3 Å². The summed E-state index contributed by atoms with van der Waals surface area (Å²) < 4.78 is 0. The molecular weight excluding hydrogens is 348 g/mol. The van der Waals surface area contributed by atoms with Gasteiger partial charge >= 0.3 is 0 Å². The van der Waals surface area contributed by atoms with E-state index in [0.29, 0.717) is 24.4 Å². The second-order valence-electron chi connectivity index (χ2n) is 8.03. The normalized spacial score (nSPS) is 29.4. The molecule has 1 aromatic carbocycles. The number of carbonyl (C=O) groups excluding carboxylic acids is 2. The molecule has 1 aromatic rings. The molecule has 0 bridgehead atoms. The topological polar surface area (TPSA) is 41.8 Å². The van der Waals surface area contributed by atoms with E-state index in [1.54, 1.807) is 11.9 Å². The van der Waals surface area contributed by atoms with Crippen molar-refractivity contribution in [2.45, 2.75) is 51.0 Å². The number of Topliss-reactive ketones (excluding diaryl/α,β-unsaturated/α-hetero) is 1. The average molecular weight is 378 g/mol. The molecule has 0 aromatic heterocycles. The Hall–Kier alpha value is -1.39. The lowest BCUT2D eigenvalue weighted by molar-refractivity contribution is -0.898. The summed E-state index contributed by atoms with van der Waals surface area (Å²) in [6, 6.07) is 7.50. The number of benzene rings is 1. The van der Waals surface area contributed by atoms with Gasteiger partial charge in [0, 0.05) is 24.1 Å². The molecule has 2 aliphatic rings. The fourth-order valence-corrected chi connectivity index (χ4v) is 4.81. The third-order valence-electron chi connectivity index (χ3n) is 6.30. The zero-order valence-electron chi connectivity index (χ0n) is 15.9. The molecule has 1 N–H and O–H groups in total. The first-order valence-electron chi connectivity index (χ1n) is 9.83. The molecule has 1 amide bonds. The molecule has 0 unspecified atom stereocenters. The molecule has 1 heterocycles. The quantitative estimate of drug-likeness (QED) is 0.875. The molecule has 0 radical (unpaired) electrons. The van der Waals surface area contributed by atoms with Gasteiger partial charge in [0.2, 0.25) is 0 Å². The zero-order valence-corrected chi connectivity index (χ0v) is 16.6. The Morgan fingerprint density at radius 3 is 2.62 bits per heavy atom. The van der Waals surface area contributed by atoms with Crippen LogP contribution in [0.2, 0.25) is 5.02 Å². The van der Waals surface area contributed by atoms with E-state index in [-0.39, 0.29) is 11.7 Å². The number of ketones is 1. The summed E-state index contributed by atoms with van der Waals surface area (Å²) in [4.78, 5) is 29.3. The van der Waals surface area contributed by atoms with E-state index in [1.807, 2.05) is 24.3 Å². The van der Waals surface area contributed by atoms with Crippen LogP contribution in [0.3, 0.4) is 0 Å². The van der Waals surface area contributed by atoms with E-state index in [9.17, 15) is 9.59 Å². The van der Waals surface area contributed by atoms with E-state index in [0.717, 1.165) is 37.4 Å². The van der Waals surface area contributed by atoms with Crippen molar-refractivity contribution in [2.24, 2.45) is 5.92 Å². The van der Waals surface area contributed by atoms with Crippen molar-refractivity contribution in [3.63, 3.8) is 0 Å². The highest BCUT2D eigenvalue weighted by molar-refractivity contribution is 6.31. The number of likely N-dealkylation sites (N-methyl/N-ethyl adjacent to an activating group) is 1. The van der Waals surface area contributed by atoms with E-state index >= 15 is 0 Å². The molecule has 1 saturated carbocycles. The minimum absolute atomic E-state index is 0.0460. The van der Waals surface area contributed by atoms with Crippen LogP contribution < -0.4 is 4.90 Å². The number of nitrogens with zero attached hydrogens (tertiary/aromatic N) is 1. The van der Waals surface area contributed by atoms with Crippen LogP contribution in [0.25, 0.3) is 0 Å². The van der Waals surface area contributed by atoms with Gasteiger partial charge in [-0.05, 0) is 44.1 Å². The third kappa shape index (κ3) is 3.67. The van der Waals surface area contributed by atoms with Crippen molar-refractivity contribution < 1.29 is 14.5 Å². The molecule has 1 atom stereocenters. The summed E-state index contributed by atoms with van der Waals surface area (Å²) in [7, 11) is 1.79. The number of hydrogen-bond donors (Lipinski definition) is 1. The molecule has 1 aliphatic carbocycles. The van der Waals surface area contributed by atoms with Crippen LogP contribution >= 0.6 is 11.6 Å². The van der Waals surface area contributed by atoms with Gasteiger partial charge in [-0.25, -0.2) is 0 Å². The first-order chi connectivity index (χ1) is 12.4. The lowest BCUT2D eigenvalue weighted by Gasteiger charge is -2.44. The van der Waals surface area contributed by atoms with Gasteiger partial charge < -0.3 is 9.80 Å². The number of rotatable bonds is 4. The maximum Gasteiger partial charge on any atom is 0.278 e. The van der Waals surface area contributed by atoms with Gasteiger partial charge in [0.25, 0.3) is 5.91 Å². The molecule has 26 heavy (non-hydrogen) atoms. The maximum absolute atomic E-state index is 13.1. The second kappa shape index (κ2) is 8.10. The highest BCUT2D eigenvalue weighted by Crippen LogP contribution is 2.42. The predicted octanol–water partition coefficient (Wildman–Crippen LogP) is 2.45. The highest BCUT2D eigenvalue weighted by Gasteiger charge is 2.48. The molecule has 142 valence electrons. The zero-order chi connectivity index (χ0) is 18.7. The van der Waals surface area contributed by atoms with Gasteiger partial charge in [-0.15, -0.1) is 0 Å². The number of piperidine rings is 1. The van der Waals surface area contributed by atoms with Crippen molar-refractivity contribution >= 4 is 23.3 Å². The van der Waals surface area contributed by atoms with Crippen molar-refractivity contribution in [3.8, 4) is 0 Å². The van der Waals surface area contributed by atoms with E-state index < -0.39 is 5.54 Å². The van der Waals surface area contributed by atoms with Gasteiger partial charge in [0.15, 0.2) is 12.3 Å². The SMILES string of the molecule is CC1CC[NH+](CC(=O)N(C)[C@@]2(c3ccccc3Cl)CCCCC2=O)CC1. The summed E-state index contributed by atoms with van der Waals surface area (Å²) in [5.74, 6) is 0.917. The van der Waals surface area contributed by atoms with Gasteiger partial charge in [-0.2, -0.15) is 0 Å². The minimum Gasteiger partial charge on any atom is -0.327 e. The smallest absolute Gasteiger partial charge is 0.278 e. The van der Waals surface area contributed by atoms with Crippen LogP contribution in [-0.2, 0) is 15.1 Å². The molecule has 1 aliphatic heterocycles. The fourth-order valence-electron chi connectivity index (χ4n) is 4.52. The number of quaternary nitrogens is 1. The summed E-state index contributed by atoms with van der Waals surface area (Å²) in [5, 5.41) is 0.571. The standard InChI is InChI=1S/C21H29ClN2O2/c1-16-10-13-24(14-11-16)15-20(26)23(2)21(12-6-5-9-19(21)25)17-7-3-4-8-18(17)22/h3-4,7-8,16H,5-6,9-15H2,1-2H3/p+1/t21-/m1/s1. The number of likely N-dealkylation sites (tertiary alicyclic amines) is 1. The Bertz CT molecular complexity index is 670. The monoisotopic (exact) mass is 377 g/mol. The molecule has 5 heteroatoms. The molecule has 3 rings (SSSR count). The van der Waals surface area contributed by atoms with Crippen LogP contribution in [0.15, 0.2) is 24.3 Å². The number of halogens is 1. The average Bonchev–Trinajstić information content (AvgIpc) is 2.64. The molecule has 4 nitrogen and oxygen atoms in total. The lowest BCUT2D eigenvalue weighted by Crippen LogP contribution is -3.14. The minimum atomic E-state index is -0.907. The van der Waals surface area contributed by atoms with Gasteiger partial charge in [-0.3, -0.25) is 9.59 Å². The van der Waals surface area contributed by atoms with Crippen LogP contribution in [0.1, 0.15) is 51.0 Å². The van der Waals surface area contributed by atoms with Crippen LogP contribution in [0.5, 0.6) is 0 Å². The maximum atomic E-state index is 13.1. The van der Waals surface area contributed by atoms with Crippen molar-refractivity contribution in [1.29, 1.82) is 0 Å². The Labute approximate surface area is 161 Å². The first kappa shape index (κ1) is 19.4. The van der Waals surface area contributed by atoms with Gasteiger partial charge in [0.1, 0.15) is 5.54 Å². The molecule has 0 spiro atoms. The van der Waals surface area contributed by atoms with Crippen molar-refractivity contribution in [1.82, 2.24) is 4.90 Å². The number of amides is 1. The summed E-state index contributed by atoms with van der Waals surface area (Å²) in [6.07, 6.45) is 5.33. The fraction of sp³-hybridized carbons (Fsp3) is 0.619. The molecular formula is C21H30ClN2O2+. The van der Waals surface area contributed by atoms with E-state index in [4.69, 9.17) is 11.6 Å². The lowest BCUT2D eigenvalue weighted by atomic mass is 9.74. The van der Waals surface area contributed by atoms with Crippen molar-refractivity contribution in [3.05, 3.63) is 34.9 Å². The highest BCUT2D eigenvalue weighted by atomic mass is 35.5. The summed E-state index contributed by atoms with van der Waals surface area (Å²) in [6.45, 7) is 4.81. The van der Waals surface area contributed by atoms with Crippen LogP contribution in [0, 0.1) is 5.92 Å². The summed E-state index contributed by atoms with van der Waals surface area (Å²) in [5.41, 5.74) is -0.125. The Morgan fingerprint density at radius 2 is 1.96 bits per heavy atom. The third-order valence-corrected chi connectivity index (χ3v) is 6.63. The number of nitrogens with one attached hydrogen (secondary N) is 1. The number of hydrogen-bond acceptors (Lipinski definition) is 2. The van der Waals surface area contributed by atoms with Gasteiger partial charge in [-0.1, -0.05) is 36.7 Å². The van der Waals surface area contributed by atoms with Gasteiger partial charge in [0.05, 0.1) is 13.1 Å². The molecule has 1 saturated heterocycles. The Morgan fingerprint density at radius 1 is 1.27 bits per heavy atom. The Kier molecular flexibility index (Phi) is 6.03. The van der Waals surface area contributed by atoms with Crippen molar-refractivity contribution in [2.75, 3.05) is 26.7 Å². The first-order valence-corrected chi connectivity index (χ1v) is 10.2. The summed E-state index contributed by atoms with van der Waals surface area (Å²) >= 11 is 6.47. The van der Waals surface area contributed by atoms with Crippen LogP contribution in [0.4, 0.5) is 0 Å². The van der Waals surface area contributed by atoms with E-state index in [2.05, 4.69) is 6.92 Å². The number of carbonyl (C=O) groups is 2. The predicted molar refractivity (Wildman–Crippen MR) is 103 cm³/mol.